The molecule has 39 N–H and O–H groups in total. The number of benzene rings is 2. The number of aliphatic carboxylic acids is 2. The second kappa shape index (κ2) is 61.1. The third kappa shape index (κ3) is 44.3. The number of imidazole rings is 2. The second-order valence-corrected chi connectivity index (χ2v) is 34.9. The fraction of sp³-hybridized carbons (Fsp3) is 0.557. The first-order valence-electron chi connectivity index (χ1n) is 45.9. The molecule has 2 aromatic carbocycles. The zero-order valence-electron chi connectivity index (χ0n) is 79.7. The molecule has 2 heterocycles. The molecule has 52 heteroatoms. The van der Waals surface area contributed by atoms with E-state index in [4.69, 9.17) is 56.0 Å². The SMILES string of the molecule is CC(C)C[C@H](N)C(=O)N[C@H](C(=O)N[C@@H](CCCNC(=N)N)C(=O)N[C@@H](CCCNC(=N)N)C(=O)N[C@@H](Cc1ccccc1)C(=O)N[C@H](C(=O)N[C@@H](Cc1cnc[nH]1)C(=O)N[C@@H](CCCNC(=N)N)C(=O)N[C@@H](CCCNC(=N)N)C(=O)N[C@@H](Cc1ccccc1)C(=O)N[C@@H](Cc1cnc[nH]1)C(=O)N[C@H](C(=O)N[C@@H](CCC(=O)O)C(=O)N[C@@H](CO)C(=O)N[C@@H](CCC(N)=O)C(=O)O)C(C)C)C(C)C)C(C)C. The van der Waals surface area contributed by atoms with E-state index >= 15 is 33.6 Å². The molecule has 15 amide bonds. The zero-order valence-corrected chi connectivity index (χ0v) is 79.7. The third-order valence-corrected chi connectivity index (χ3v) is 21.7. The maximum atomic E-state index is 15.3. The summed E-state index contributed by atoms with van der Waals surface area (Å²) < 4.78 is 0. The van der Waals surface area contributed by atoms with E-state index in [9.17, 15) is 63.3 Å². The van der Waals surface area contributed by atoms with Gasteiger partial charge in [0.25, 0.3) is 0 Å². The van der Waals surface area contributed by atoms with E-state index in [1.54, 1.807) is 88.4 Å². The molecule has 2 aromatic heterocycles. The number of carboxylic acids is 2. The van der Waals surface area contributed by atoms with Gasteiger partial charge in [-0.25, -0.2) is 14.8 Å². The van der Waals surface area contributed by atoms with Gasteiger partial charge < -0.3 is 155 Å². The number of carbonyl (C=O) groups excluding carboxylic acids is 15. The largest absolute Gasteiger partial charge is 0.481 e. The van der Waals surface area contributed by atoms with Crippen LogP contribution in [0.3, 0.4) is 0 Å². The number of hydrogen-bond donors (Lipinski definition) is 33. The maximum absolute atomic E-state index is 15.3. The van der Waals surface area contributed by atoms with Crippen LogP contribution in [-0.2, 0) is 107 Å². The molecule has 0 spiro atoms. The number of nitrogens with one attached hydrogen (secondary N) is 24. The van der Waals surface area contributed by atoms with Crippen molar-refractivity contribution in [1.82, 2.24) is 116 Å². The number of rotatable bonds is 65. The predicted octanol–water partition coefficient (Wildman–Crippen LogP) is -7.21. The van der Waals surface area contributed by atoms with Gasteiger partial charge >= 0.3 is 11.9 Å². The number of nitrogens with zero attached hydrogens (tertiary/aromatic N) is 2. The van der Waals surface area contributed by atoms with E-state index in [1.807, 2.05) is 13.8 Å². The molecule has 0 radical (unpaired) electrons. The number of primary amides is 1. The van der Waals surface area contributed by atoms with E-state index in [2.05, 4.69) is 116 Å². The maximum Gasteiger partial charge on any atom is 0.326 e. The number of amides is 15. The molecule has 0 aliphatic carbocycles. The van der Waals surface area contributed by atoms with Gasteiger partial charge in [-0.2, -0.15) is 0 Å². The van der Waals surface area contributed by atoms with Gasteiger partial charge in [0.1, 0.15) is 84.6 Å². The summed E-state index contributed by atoms with van der Waals surface area (Å²) >= 11 is 0. The monoisotopic (exact) mass is 1970 g/mol. The van der Waals surface area contributed by atoms with Crippen molar-refractivity contribution in [2.45, 2.75) is 255 Å². The molecule has 0 saturated carbocycles. The number of guanidine groups is 4. The van der Waals surface area contributed by atoms with Gasteiger partial charge in [0.2, 0.25) is 88.6 Å². The predicted molar refractivity (Wildman–Crippen MR) is 510 cm³/mol. The van der Waals surface area contributed by atoms with Gasteiger partial charge in [-0.1, -0.05) is 116 Å². The number of aliphatic hydroxyl groups is 1. The summed E-state index contributed by atoms with van der Waals surface area (Å²) in [5.74, 6) is -21.7. The molecule has 52 nitrogen and oxygen atoms in total. The molecule has 772 valence electrons. The zero-order chi connectivity index (χ0) is 104. The molecule has 4 rings (SSSR count). The molecule has 0 aliphatic rings. The first-order chi connectivity index (χ1) is 66.2. The normalized spacial score (nSPS) is 14.3. The van der Waals surface area contributed by atoms with Crippen LogP contribution in [0.25, 0.3) is 0 Å². The number of carbonyl (C=O) groups is 17. The van der Waals surface area contributed by atoms with Crippen LogP contribution in [0.2, 0.25) is 0 Å². The minimum atomic E-state index is -1.90. The van der Waals surface area contributed by atoms with Gasteiger partial charge in [-0.05, 0) is 105 Å². The summed E-state index contributed by atoms with van der Waals surface area (Å²) in [4.78, 5) is 254. The fourth-order valence-electron chi connectivity index (χ4n) is 14.2. The lowest BCUT2D eigenvalue weighted by atomic mass is 9.99. The lowest BCUT2D eigenvalue weighted by Gasteiger charge is -2.30. The molecule has 0 unspecified atom stereocenters. The number of carboxylic acid groups (broad SMARTS) is 2. The summed E-state index contributed by atoms with van der Waals surface area (Å²) in [5.41, 5.74) is 35.2. The molecular weight excluding hydrogens is 1830 g/mol. The summed E-state index contributed by atoms with van der Waals surface area (Å²) in [6.07, 6.45) is 1.14. The van der Waals surface area contributed by atoms with Crippen LogP contribution in [0.4, 0.5) is 0 Å². The van der Waals surface area contributed by atoms with Gasteiger partial charge in [-0.3, -0.25) is 98.3 Å². The van der Waals surface area contributed by atoms with E-state index in [1.165, 1.54) is 38.9 Å². The highest BCUT2D eigenvalue weighted by Gasteiger charge is 2.41. The molecule has 4 aromatic rings. The highest BCUT2D eigenvalue weighted by Crippen LogP contribution is 2.17. The average molecular weight is 1970 g/mol. The standard InChI is InChI=1S/C88H140N32O20/c1-45(2)35-53(89)70(125)118-67(46(3)4)81(136)110-57(26-18-34-104-88(97)98)72(127)108-56(25-17-33-103-87(95)96)74(129)114-61(37-50-21-13-10-14-22-50)78(133)119-69(48(7)8)83(138)116-62(38-51-40-99-43-105-51)77(132)109-54(23-15-31-101-85(91)92)71(126)107-55(24-16-32-102-86(93)94)73(128)113-60(36-49-19-11-9-12-20-49)76(131)115-63(39-52-41-100-44-106-52)79(134)120-68(47(5)6)82(137)111-58(28-30-66(123)124)75(130)117-64(42-121)80(135)112-59(84(139)140)27-29-65(90)122/h9-14,19-22,40-41,43-48,53-64,67-69,121H,15-18,23-39,42,89H2,1-8H3,(H2,90,122)(H,99,105)(H,100,106)(H,107,126)(H,108,127)(H,109,132)(H,110,136)(H,111,137)(H,112,135)(H,113,128)(H,114,129)(H,115,131)(H,116,138)(H,117,130)(H,118,125)(H,119,133)(H,120,134)(H,123,124)(H,139,140)(H4,91,92,101)(H4,93,94,102)(H4,95,96,103)(H4,97,98,104)/t53-,54-,55-,56-,57-,58-,59-,60-,61-,62-,63-,64-,67-,68-,69-/m0/s1. The average Bonchev–Trinajstić information content (AvgIpc) is 1.13. The molecule has 0 bridgehead atoms. The highest BCUT2D eigenvalue weighted by molar-refractivity contribution is 6.01. The van der Waals surface area contributed by atoms with Gasteiger partial charge in [-0.15, -0.1) is 0 Å². The number of aromatic amines is 2. The van der Waals surface area contributed by atoms with Crippen molar-refractivity contribution >= 4 is 124 Å². The van der Waals surface area contributed by atoms with E-state index in [0.29, 0.717) is 17.5 Å². The number of aliphatic hydroxyl groups excluding tert-OH is 1. The Hall–Kier alpha value is -15.1. The Morgan fingerprint density at radius 3 is 0.886 bits per heavy atom. The minimum absolute atomic E-state index is 0.0191. The Bertz CT molecular complexity index is 4780. The van der Waals surface area contributed by atoms with Crippen LogP contribution >= 0.6 is 0 Å². The highest BCUT2D eigenvalue weighted by atomic mass is 16.4. The van der Waals surface area contributed by atoms with Crippen molar-refractivity contribution in [3.63, 3.8) is 0 Å². The quantitative estimate of drug-likeness (QED) is 0.0111. The molecule has 140 heavy (non-hydrogen) atoms. The fourth-order valence-corrected chi connectivity index (χ4v) is 14.2. The molecular formula is C88H140N32O20. The second-order valence-electron chi connectivity index (χ2n) is 34.9. The summed E-state index contributed by atoms with van der Waals surface area (Å²) in [7, 11) is 0. The Labute approximate surface area is 809 Å². The first kappa shape index (κ1) is 117. The van der Waals surface area contributed by atoms with Crippen molar-refractivity contribution < 1.29 is 96.8 Å². The van der Waals surface area contributed by atoms with Crippen LogP contribution in [-0.4, -0.2) is 283 Å². The summed E-state index contributed by atoms with van der Waals surface area (Å²) in [5, 5.41) is 107. The van der Waals surface area contributed by atoms with Crippen LogP contribution in [0, 0.1) is 45.3 Å². The Kier molecular flexibility index (Phi) is 51.2. The Morgan fingerprint density at radius 1 is 0.336 bits per heavy atom. The van der Waals surface area contributed by atoms with Gasteiger partial charge in [0, 0.05) is 88.5 Å². The van der Waals surface area contributed by atoms with Crippen LogP contribution in [0.5, 0.6) is 0 Å². The third-order valence-electron chi connectivity index (χ3n) is 21.7. The Balaban J connectivity index is 1.75. The van der Waals surface area contributed by atoms with Crippen molar-refractivity contribution in [3.8, 4) is 0 Å². The van der Waals surface area contributed by atoms with E-state index in [-0.39, 0.29) is 126 Å². The van der Waals surface area contributed by atoms with Crippen LogP contribution in [0.15, 0.2) is 85.7 Å². The van der Waals surface area contributed by atoms with Crippen molar-refractivity contribution in [1.29, 1.82) is 21.6 Å². The summed E-state index contributed by atoms with van der Waals surface area (Å²) in [6, 6.07) is -6.98. The number of aromatic nitrogens is 4. The number of hydrogen-bond acceptors (Lipinski definition) is 25. The van der Waals surface area contributed by atoms with Crippen molar-refractivity contribution in [3.05, 3.63) is 108 Å². The molecule has 0 fully saturated rings. The lowest BCUT2D eigenvalue weighted by Crippen LogP contribution is -2.62. The minimum Gasteiger partial charge on any atom is -0.481 e. The number of nitrogens with two attached hydrogens (primary N) is 6. The first-order valence-corrected chi connectivity index (χ1v) is 45.9. The van der Waals surface area contributed by atoms with Crippen LogP contribution < -0.4 is 130 Å². The van der Waals surface area contributed by atoms with Gasteiger partial charge in [0.15, 0.2) is 23.8 Å². The molecule has 0 saturated heterocycles. The topological polar surface area (TPSA) is 876 Å². The van der Waals surface area contributed by atoms with Crippen molar-refractivity contribution in [2.24, 2.45) is 58.1 Å². The summed E-state index contributed by atoms with van der Waals surface area (Å²) in [6.45, 7) is 12.0. The van der Waals surface area contributed by atoms with Crippen LogP contribution in [0.1, 0.15) is 161 Å². The lowest BCUT2D eigenvalue weighted by molar-refractivity contribution is -0.143. The van der Waals surface area contributed by atoms with Gasteiger partial charge in [0.05, 0.1) is 25.3 Å². The molecule has 15 atom stereocenters. The van der Waals surface area contributed by atoms with Crippen molar-refractivity contribution in [2.75, 3.05) is 32.8 Å². The van der Waals surface area contributed by atoms with E-state index < -0.39 is 259 Å². The number of H-pyrrole nitrogens is 2. The smallest absolute Gasteiger partial charge is 0.326 e. The molecule has 0 aliphatic heterocycles. The Morgan fingerprint density at radius 2 is 0.600 bits per heavy atom. The van der Waals surface area contributed by atoms with E-state index in [0.717, 1.165) is 0 Å².